The Bertz CT molecular complexity index is 770. The first-order valence-corrected chi connectivity index (χ1v) is 8.07. The van der Waals surface area contributed by atoms with Crippen molar-refractivity contribution in [1.29, 1.82) is 0 Å². The number of nitrogens with one attached hydrogen (secondary N) is 1. The lowest BCUT2D eigenvalue weighted by Crippen LogP contribution is -2.28. The standard InChI is InChI=1S/C20H21FN2O2/c1-3-23(14-16-5-4-6-18(21)13-16)19(24)12-9-15-7-10-17(11-8-15)20(25)22-2/h4-13H,3,14H2,1-2H3,(H,22,25)/b12-9+. The highest BCUT2D eigenvalue weighted by Crippen LogP contribution is 2.10. The van der Waals surface area contributed by atoms with Crippen molar-refractivity contribution in [3.63, 3.8) is 0 Å². The summed E-state index contributed by atoms with van der Waals surface area (Å²) in [5.74, 6) is -0.617. The van der Waals surface area contributed by atoms with E-state index in [-0.39, 0.29) is 17.6 Å². The van der Waals surface area contributed by atoms with Gasteiger partial charge in [-0.25, -0.2) is 4.39 Å². The Labute approximate surface area is 147 Å². The van der Waals surface area contributed by atoms with Crippen LogP contribution < -0.4 is 5.32 Å². The fourth-order valence-corrected chi connectivity index (χ4v) is 2.36. The maximum Gasteiger partial charge on any atom is 0.251 e. The van der Waals surface area contributed by atoms with Crippen molar-refractivity contribution in [2.45, 2.75) is 13.5 Å². The topological polar surface area (TPSA) is 49.4 Å². The Hall–Kier alpha value is -2.95. The molecule has 0 radical (unpaired) electrons. The summed E-state index contributed by atoms with van der Waals surface area (Å²) in [6.07, 6.45) is 3.18. The van der Waals surface area contributed by atoms with Crippen molar-refractivity contribution in [1.82, 2.24) is 10.2 Å². The number of hydrogen-bond acceptors (Lipinski definition) is 2. The van der Waals surface area contributed by atoms with Crippen LogP contribution in [0.25, 0.3) is 6.08 Å². The largest absolute Gasteiger partial charge is 0.355 e. The first-order chi connectivity index (χ1) is 12.0. The van der Waals surface area contributed by atoms with Crippen molar-refractivity contribution < 1.29 is 14.0 Å². The highest BCUT2D eigenvalue weighted by atomic mass is 19.1. The predicted molar refractivity (Wildman–Crippen MR) is 96.4 cm³/mol. The molecule has 0 saturated heterocycles. The minimum absolute atomic E-state index is 0.151. The number of nitrogens with zero attached hydrogens (tertiary/aromatic N) is 1. The first-order valence-electron chi connectivity index (χ1n) is 8.07. The molecular weight excluding hydrogens is 319 g/mol. The molecule has 0 aromatic heterocycles. The fourth-order valence-electron chi connectivity index (χ4n) is 2.36. The van der Waals surface area contributed by atoms with Crippen LogP contribution >= 0.6 is 0 Å². The molecule has 5 heteroatoms. The zero-order valence-corrected chi connectivity index (χ0v) is 14.3. The van der Waals surface area contributed by atoms with Crippen molar-refractivity contribution >= 4 is 17.9 Å². The molecule has 0 aliphatic carbocycles. The summed E-state index contributed by atoms with van der Waals surface area (Å²) in [7, 11) is 1.58. The van der Waals surface area contributed by atoms with Gasteiger partial charge in [0.05, 0.1) is 0 Å². The third-order valence-corrected chi connectivity index (χ3v) is 3.77. The number of carbonyl (C=O) groups is 2. The van der Waals surface area contributed by atoms with E-state index in [9.17, 15) is 14.0 Å². The van der Waals surface area contributed by atoms with Gasteiger partial charge in [0.25, 0.3) is 5.91 Å². The molecule has 2 amide bonds. The van der Waals surface area contributed by atoms with Gasteiger partial charge in [-0.1, -0.05) is 24.3 Å². The van der Waals surface area contributed by atoms with Crippen molar-refractivity contribution in [2.24, 2.45) is 0 Å². The molecule has 0 aliphatic heterocycles. The van der Waals surface area contributed by atoms with Gasteiger partial charge in [-0.2, -0.15) is 0 Å². The number of hydrogen-bond donors (Lipinski definition) is 1. The third-order valence-electron chi connectivity index (χ3n) is 3.77. The van der Waals surface area contributed by atoms with Crippen LogP contribution in [-0.4, -0.2) is 30.3 Å². The van der Waals surface area contributed by atoms with E-state index >= 15 is 0 Å². The zero-order valence-electron chi connectivity index (χ0n) is 14.3. The molecule has 0 bridgehead atoms. The summed E-state index contributed by atoms with van der Waals surface area (Å²) < 4.78 is 13.3. The van der Waals surface area contributed by atoms with Gasteiger partial charge in [-0.3, -0.25) is 9.59 Å². The highest BCUT2D eigenvalue weighted by Gasteiger charge is 2.09. The van der Waals surface area contributed by atoms with Crippen LogP contribution in [0.3, 0.4) is 0 Å². The molecule has 1 N–H and O–H groups in total. The van der Waals surface area contributed by atoms with Gasteiger partial charge in [0.1, 0.15) is 5.82 Å². The summed E-state index contributed by atoms with van der Waals surface area (Å²) in [5, 5.41) is 2.56. The van der Waals surface area contributed by atoms with Crippen LogP contribution in [0, 0.1) is 5.82 Å². The van der Waals surface area contributed by atoms with E-state index in [0.29, 0.717) is 18.7 Å². The van der Waals surface area contributed by atoms with E-state index in [1.165, 1.54) is 18.2 Å². The van der Waals surface area contributed by atoms with Gasteiger partial charge in [-0.15, -0.1) is 0 Å². The highest BCUT2D eigenvalue weighted by molar-refractivity contribution is 5.94. The second-order valence-electron chi connectivity index (χ2n) is 5.52. The normalized spacial score (nSPS) is 10.7. The number of halogens is 1. The van der Waals surface area contributed by atoms with Crippen molar-refractivity contribution in [3.05, 3.63) is 77.1 Å². The number of likely N-dealkylation sites (N-methyl/N-ethyl adjacent to an activating group) is 1. The Morgan fingerprint density at radius 2 is 1.88 bits per heavy atom. The molecule has 0 fully saturated rings. The SMILES string of the molecule is CCN(Cc1cccc(F)c1)C(=O)/C=C/c1ccc(C(=O)NC)cc1. The van der Waals surface area contributed by atoms with Gasteiger partial charge in [-0.05, 0) is 48.4 Å². The quantitative estimate of drug-likeness (QED) is 0.821. The monoisotopic (exact) mass is 340 g/mol. The van der Waals surface area contributed by atoms with Gasteiger partial charge in [0.2, 0.25) is 5.91 Å². The second kappa shape index (κ2) is 8.78. The summed E-state index contributed by atoms with van der Waals surface area (Å²) in [6, 6.07) is 13.2. The van der Waals surface area contributed by atoms with Gasteiger partial charge < -0.3 is 10.2 Å². The van der Waals surface area contributed by atoms with Crippen LogP contribution in [0.2, 0.25) is 0 Å². The Morgan fingerprint density at radius 1 is 1.16 bits per heavy atom. The summed E-state index contributed by atoms with van der Waals surface area (Å²) >= 11 is 0. The number of rotatable bonds is 6. The minimum atomic E-state index is -0.312. The lowest BCUT2D eigenvalue weighted by Gasteiger charge is -2.19. The van der Waals surface area contributed by atoms with Crippen molar-refractivity contribution in [3.8, 4) is 0 Å². The molecule has 0 unspecified atom stereocenters. The molecule has 2 aromatic rings. The van der Waals surface area contributed by atoms with Crippen LogP contribution in [0.1, 0.15) is 28.4 Å². The molecule has 25 heavy (non-hydrogen) atoms. The van der Waals surface area contributed by atoms with Crippen LogP contribution in [0.4, 0.5) is 4.39 Å². The first kappa shape index (κ1) is 18.4. The maximum absolute atomic E-state index is 13.3. The molecule has 130 valence electrons. The molecule has 2 rings (SSSR count). The van der Waals surface area contributed by atoms with E-state index in [4.69, 9.17) is 0 Å². The average molecular weight is 340 g/mol. The molecule has 0 spiro atoms. The fraction of sp³-hybridized carbons (Fsp3) is 0.200. The minimum Gasteiger partial charge on any atom is -0.355 e. The Kier molecular flexibility index (Phi) is 6.46. The second-order valence-corrected chi connectivity index (χ2v) is 5.52. The van der Waals surface area contributed by atoms with E-state index < -0.39 is 0 Å². The predicted octanol–water partition coefficient (Wildman–Crippen LogP) is 3.25. The lowest BCUT2D eigenvalue weighted by atomic mass is 10.1. The molecule has 0 atom stereocenters. The summed E-state index contributed by atoms with van der Waals surface area (Å²) in [6.45, 7) is 2.76. The number of carbonyl (C=O) groups excluding carboxylic acids is 2. The van der Waals surface area contributed by atoms with E-state index in [2.05, 4.69) is 5.32 Å². The van der Waals surface area contributed by atoms with E-state index in [1.54, 1.807) is 54.4 Å². The maximum atomic E-state index is 13.3. The van der Waals surface area contributed by atoms with Crippen LogP contribution in [0.5, 0.6) is 0 Å². The molecule has 0 aliphatic rings. The average Bonchev–Trinajstić information content (AvgIpc) is 2.64. The molecule has 2 aromatic carbocycles. The molecule has 4 nitrogen and oxygen atoms in total. The number of amides is 2. The van der Waals surface area contributed by atoms with E-state index in [1.807, 2.05) is 6.92 Å². The van der Waals surface area contributed by atoms with Gasteiger partial charge in [0.15, 0.2) is 0 Å². The Balaban J connectivity index is 2.03. The number of benzene rings is 2. The summed E-state index contributed by atoms with van der Waals surface area (Å²) in [4.78, 5) is 25.5. The Morgan fingerprint density at radius 3 is 2.48 bits per heavy atom. The zero-order chi connectivity index (χ0) is 18.2. The molecular formula is C20H21FN2O2. The van der Waals surface area contributed by atoms with Crippen LogP contribution in [-0.2, 0) is 11.3 Å². The lowest BCUT2D eigenvalue weighted by molar-refractivity contribution is -0.126. The molecule has 0 heterocycles. The third kappa shape index (κ3) is 5.28. The smallest absolute Gasteiger partial charge is 0.251 e. The van der Waals surface area contributed by atoms with Gasteiger partial charge in [0, 0.05) is 31.8 Å². The molecule has 0 saturated carbocycles. The van der Waals surface area contributed by atoms with Gasteiger partial charge >= 0.3 is 0 Å². The summed E-state index contributed by atoms with van der Waals surface area (Å²) in [5.41, 5.74) is 2.13. The van der Waals surface area contributed by atoms with Crippen LogP contribution in [0.15, 0.2) is 54.6 Å². The van der Waals surface area contributed by atoms with E-state index in [0.717, 1.165) is 11.1 Å². The van der Waals surface area contributed by atoms with Crippen molar-refractivity contribution in [2.75, 3.05) is 13.6 Å².